The smallest absolute Gasteiger partial charge is 0.293 e. The van der Waals surface area contributed by atoms with Crippen molar-refractivity contribution in [2.45, 2.75) is 0 Å². The molecule has 3 rings (SSSR count). The predicted octanol–water partition coefficient (Wildman–Crippen LogP) is 3.42. The first-order valence-electron chi connectivity index (χ1n) is 8.27. The number of carbonyl (C=O) groups excluding carboxylic acids is 1. The van der Waals surface area contributed by atoms with Gasteiger partial charge in [-0.1, -0.05) is 0 Å². The summed E-state index contributed by atoms with van der Waals surface area (Å²) in [6.07, 6.45) is 3.35. The van der Waals surface area contributed by atoms with Crippen molar-refractivity contribution in [1.29, 1.82) is 0 Å². The number of ether oxygens (including phenoxy) is 1. The van der Waals surface area contributed by atoms with Gasteiger partial charge in [0.25, 0.3) is 11.6 Å². The van der Waals surface area contributed by atoms with Crippen molar-refractivity contribution in [3.05, 3.63) is 63.8 Å². The highest BCUT2D eigenvalue weighted by Crippen LogP contribution is 2.27. The Bertz CT molecular complexity index is 977. The summed E-state index contributed by atoms with van der Waals surface area (Å²) in [6.45, 7) is 0.821. The van der Waals surface area contributed by atoms with E-state index in [4.69, 9.17) is 4.74 Å². The van der Waals surface area contributed by atoms with E-state index in [0.717, 1.165) is 5.56 Å². The van der Waals surface area contributed by atoms with Crippen molar-refractivity contribution in [2.75, 3.05) is 30.9 Å². The molecule has 10 heteroatoms. The van der Waals surface area contributed by atoms with Crippen LogP contribution in [0.15, 0.2) is 48.1 Å². The zero-order valence-electron chi connectivity index (χ0n) is 14.9. The minimum atomic E-state index is -0.532. The molecule has 0 aliphatic heterocycles. The Morgan fingerprint density at radius 2 is 2.21 bits per heavy atom. The molecule has 144 valence electrons. The molecule has 2 heterocycles. The van der Waals surface area contributed by atoms with Crippen LogP contribution in [0.4, 0.5) is 16.5 Å². The lowest BCUT2D eigenvalue weighted by atomic mass is 10.1. The number of nitro groups is 1. The highest BCUT2D eigenvalue weighted by atomic mass is 32.1. The summed E-state index contributed by atoms with van der Waals surface area (Å²) in [7, 11) is 1.54. The summed E-state index contributed by atoms with van der Waals surface area (Å²) in [4.78, 5) is 31.7. The molecule has 0 aliphatic rings. The minimum absolute atomic E-state index is 0.169. The van der Waals surface area contributed by atoms with Gasteiger partial charge >= 0.3 is 0 Å². The van der Waals surface area contributed by atoms with Crippen LogP contribution < -0.4 is 10.6 Å². The quantitative estimate of drug-likeness (QED) is 0.338. The summed E-state index contributed by atoms with van der Waals surface area (Å²) in [5, 5.41) is 19.1. The zero-order chi connectivity index (χ0) is 19.9. The van der Waals surface area contributed by atoms with Gasteiger partial charge in [0.2, 0.25) is 0 Å². The van der Waals surface area contributed by atoms with Gasteiger partial charge in [0.05, 0.1) is 17.2 Å². The number of hydrogen-bond acceptors (Lipinski definition) is 8. The van der Waals surface area contributed by atoms with Gasteiger partial charge in [-0.25, -0.2) is 4.98 Å². The average molecular weight is 399 g/mol. The lowest BCUT2D eigenvalue weighted by molar-refractivity contribution is -0.384. The standard InChI is InChI=1S/C18H17N5O4S/c1-27-8-7-20-14-5-4-12(9-16(14)23(25)26)17(24)22-18-21-15(11-28-18)13-3-2-6-19-10-13/h2-6,9-11,20H,7-8H2,1H3,(H,21,22,24). The second-order valence-electron chi connectivity index (χ2n) is 5.64. The monoisotopic (exact) mass is 399 g/mol. The number of hydrogen-bond donors (Lipinski definition) is 2. The topological polar surface area (TPSA) is 119 Å². The summed E-state index contributed by atoms with van der Waals surface area (Å²) in [5.41, 5.74) is 1.84. The maximum absolute atomic E-state index is 12.5. The Kier molecular flexibility index (Phi) is 6.25. The molecule has 9 nitrogen and oxygen atoms in total. The number of nitro benzene ring substituents is 1. The molecule has 0 saturated carbocycles. The molecule has 0 radical (unpaired) electrons. The van der Waals surface area contributed by atoms with Gasteiger partial charge < -0.3 is 10.1 Å². The van der Waals surface area contributed by atoms with E-state index < -0.39 is 10.8 Å². The van der Waals surface area contributed by atoms with Crippen LogP contribution in [0.2, 0.25) is 0 Å². The molecular formula is C18H17N5O4S. The van der Waals surface area contributed by atoms with Gasteiger partial charge in [0.1, 0.15) is 5.69 Å². The van der Waals surface area contributed by atoms with Crippen LogP contribution in [0, 0.1) is 10.1 Å². The van der Waals surface area contributed by atoms with E-state index in [0.29, 0.717) is 29.7 Å². The molecule has 1 aromatic carbocycles. The van der Waals surface area contributed by atoms with Crippen LogP contribution in [0.3, 0.4) is 0 Å². The normalized spacial score (nSPS) is 10.5. The van der Waals surface area contributed by atoms with Crippen molar-refractivity contribution in [2.24, 2.45) is 0 Å². The summed E-state index contributed by atoms with van der Waals surface area (Å²) < 4.78 is 4.92. The van der Waals surface area contributed by atoms with E-state index in [9.17, 15) is 14.9 Å². The number of nitrogens with zero attached hydrogens (tertiary/aromatic N) is 3. The molecule has 2 N–H and O–H groups in total. The van der Waals surface area contributed by atoms with E-state index in [1.165, 1.54) is 29.5 Å². The zero-order valence-corrected chi connectivity index (χ0v) is 15.7. The molecule has 0 atom stereocenters. The third kappa shape index (κ3) is 4.67. The first-order chi connectivity index (χ1) is 13.6. The molecule has 3 aromatic rings. The maximum Gasteiger partial charge on any atom is 0.293 e. The van der Waals surface area contributed by atoms with Crippen LogP contribution in [0.5, 0.6) is 0 Å². The van der Waals surface area contributed by atoms with Crippen molar-refractivity contribution < 1.29 is 14.5 Å². The lowest BCUT2D eigenvalue weighted by Gasteiger charge is -2.08. The van der Waals surface area contributed by atoms with E-state index in [1.807, 2.05) is 6.07 Å². The SMILES string of the molecule is COCCNc1ccc(C(=O)Nc2nc(-c3cccnc3)cs2)cc1[N+](=O)[O-]. The first kappa shape index (κ1) is 19.4. The Morgan fingerprint density at radius 3 is 2.93 bits per heavy atom. The van der Waals surface area contributed by atoms with Gasteiger partial charge in [-0.05, 0) is 24.3 Å². The van der Waals surface area contributed by atoms with E-state index >= 15 is 0 Å². The van der Waals surface area contributed by atoms with Crippen molar-refractivity contribution in [1.82, 2.24) is 9.97 Å². The maximum atomic E-state index is 12.5. The Balaban J connectivity index is 1.74. The Morgan fingerprint density at radius 1 is 1.36 bits per heavy atom. The van der Waals surface area contributed by atoms with E-state index in [2.05, 4.69) is 20.6 Å². The van der Waals surface area contributed by atoms with Crippen LogP contribution in [-0.2, 0) is 4.74 Å². The van der Waals surface area contributed by atoms with Gasteiger partial charge in [-0.15, -0.1) is 11.3 Å². The number of aromatic nitrogens is 2. The third-order valence-electron chi connectivity index (χ3n) is 3.76. The molecule has 2 aromatic heterocycles. The number of thiazole rings is 1. The second kappa shape index (κ2) is 9.02. The predicted molar refractivity (Wildman–Crippen MR) is 107 cm³/mol. The van der Waals surface area contributed by atoms with Gasteiger partial charge in [0.15, 0.2) is 5.13 Å². The molecule has 0 spiro atoms. The van der Waals surface area contributed by atoms with Crippen molar-refractivity contribution in [3.63, 3.8) is 0 Å². The molecule has 1 amide bonds. The van der Waals surface area contributed by atoms with E-state index in [-0.39, 0.29) is 11.3 Å². The number of nitrogens with one attached hydrogen (secondary N) is 2. The molecule has 0 bridgehead atoms. The highest BCUT2D eigenvalue weighted by Gasteiger charge is 2.18. The fourth-order valence-electron chi connectivity index (χ4n) is 2.41. The lowest BCUT2D eigenvalue weighted by Crippen LogP contribution is -2.13. The van der Waals surface area contributed by atoms with Crippen LogP contribution in [-0.4, -0.2) is 41.1 Å². The molecule has 0 aliphatic carbocycles. The first-order valence-corrected chi connectivity index (χ1v) is 9.15. The molecular weight excluding hydrogens is 382 g/mol. The Labute approximate surface area is 164 Å². The summed E-state index contributed by atoms with van der Waals surface area (Å²) >= 11 is 1.26. The second-order valence-corrected chi connectivity index (χ2v) is 6.50. The number of benzene rings is 1. The van der Waals surface area contributed by atoms with Crippen LogP contribution in [0.1, 0.15) is 10.4 Å². The summed E-state index contributed by atoms with van der Waals surface area (Å²) in [6, 6.07) is 7.93. The Hall–Kier alpha value is -3.37. The number of pyridine rings is 1. The number of methoxy groups -OCH3 is 1. The molecule has 0 unspecified atom stereocenters. The van der Waals surface area contributed by atoms with Crippen molar-refractivity contribution >= 4 is 33.8 Å². The number of anilines is 2. The minimum Gasteiger partial charge on any atom is -0.383 e. The average Bonchev–Trinajstić information content (AvgIpc) is 3.17. The fraction of sp³-hybridized carbons (Fsp3) is 0.167. The third-order valence-corrected chi connectivity index (χ3v) is 4.52. The van der Waals surface area contributed by atoms with Gasteiger partial charge in [0, 0.05) is 48.6 Å². The number of rotatable bonds is 8. The van der Waals surface area contributed by atoms with Gasteiger partial charge in [-0.3, -0.25) is 25.2 Å². The largest absolute Gasteiger partial charge is 0.383 e. The van der Waals surface area contributed by atoms with Gasteiger partial charge in [-0.2, -0.15) is 0 Å². The number of carbonyl (C=O) groups is 1. The van der Waals surface area contributed by atoms with E-state index in [1.54, 1.807) is 30.9 Å². The molecule has 0 saturated heterocycles. The molecule has 0 fully saturated rings. The van der Waals surface area contributed by atoms with Crippen LogP contribution in [0.25, 0.3) is 11.3 Å². The fourth-order valence-corrected chi connectivity index (χ4v) is 3.12. The number of amides is 1. The van der Waals surface area contributed by atoms with Crippen LogP contribution >= 0.6 is 11.3 Å². The highest BCUT2D eigenvalue weighted by molar-refractivity contribution is 7.14. The summed E-state index contributed by atoms with van der Waals surface area (Å²) in [5.74, 6) is -0.473. The van der Waals surface area contributed by atoms with Crippen molar-refractivity contribution in [3.8, 4) is 11.3 Å². The molecule has 28 heavy (non-hydrogen) atoms.